The Kier molecular flexibility index (Phi) is 5.75. The third-order valence-electron chi connectivity index (χ3n) is 7.30. The number of carbonyl (C=O) groups is 1. The SMILES string of the molecule is CC1(C(N)=O)CCC(n2c(Nc3c(F)cc(C#N)cc3F)nc3cnc(NC4CCC4)nc32)CC1. The minimum Gasteiger partial charge on any atom is -0.369 e. The molecule has 4 N–H and O–H groups in total. The van der Waals surface area contributed by atoms with Crippen LogP contribution in [0.1, 0.15) is 63.5 Å². The van der Waals surface area contributed by atoms with Crippen molar-refractivity contribution in [3.05, 3.63) is 35.5 Å². The fourth-order valence-electron chi connectivity index (χ4n) is 4.74. The van der Waals surface area contributed by atoms with Crippen LogP contribution < -0.4 is 16.4 Å². The summed E-state index contributed by atoms with van der Waals surface area (Å²) >= 11 is 0. The predicted molar refractivity (Wildman–Crippen MR) is 126 cm³/mol. The third kappa shape index (κ3) is 4.24. The standard InChI is InChI=1S/C24H26F2N8O/c1-24(21(28)35)7-5-15(6-8-24)34-20-18(12-29-22(33-20)30-14-3-2-4-14)31-23(34)32-19-16(25)9-13(11-27)10-17(19)26/h9-10,12,14-15H,2-8H2,1H3,(H2,28,35)(H,31,32)(H,29,30,33). The lowest BCUT2D eigenvalue weighted by Crippen LogP contribution is -2.38. The van der Waals surface area contributed by atoms with Gasteiger partial charge in [-0.3, -0.25) is 9.36 Å². The molecule has 2 aliphatic rings. The third-order valence-corrected chi connectivity index (χ3v) is 7.30. The fraction of sp³-hybridized carbons (Fsp3) is 0.458. The molecular formula is C24H26F2N8O. The van der Waals surface area contributed by atoms with E-state index in [1.165, 1.54) is 0 Å². The first-order valence-corrected chi connectivity index (χ1v) is 11.7. The quantitative estimate of drug-likeness (QED) is 0.479. The fourth-order valence-corrected chi connectivity index (χ4v) is 4.74. The second-order valence-electron chi connectivity index (χ2n) is 9.69. The minimum atomic E-state index is -0.900. The summed E-state index contributed by atoms with van der Waals surface area (Å²) in [6.07, 6.45) is 7.24. The predicted octanol–water partition coefficient (Wildman–Crippen LogP) is 4.29. The number of nitriles is 1. The zero-order valence-electron chi connectivity index (χ0n) is 19.3. The molecule has 2 aliphatic carbocycles. The van der Waals surface area contributed by atoms with Crippen molar-refractivity contribution >= 4 is 34.7 Å². The summed E-state index contributed by atoms with van der Waals surface area (Å²) in [4.78, 5) is 25.6. The van der Waals surface area contributed by atoms with Gasteiger partial charge in [0.05, 0.1) is 17.8 Å². The van der Waals surface area contributed by atoms with E-state index in [4.69, 9.17) is 16.0 Å². The highest BCUT2D eigenvalue weighted by atomic mass is 19.1. The van der Waals surface area contributed by atoms with E-state index < -0.39 is 22.7 Å². The highest BCUT2D eigenvalue weighted by Crippen LogP contribution is 2.43. The number of imidazole rings is 1. The Morgan fingerprint density at radius 2 is 1.89 bits per heavy atom. The Morgan fingerprint density at radius 1 is 1.20 bits per heavy atom. The second-order valence-corrected chi connectivity index (χ2v) is 9.69. The number of nitrogens with two attached hydrogens (primary N) is 1. The first-order valence-electron chi connectivity index (χ1n) is 11.7. The van der Waals surface area contributed by atoms with E-state index in [9.17, 15) is 13.6 Å². The maximum Gasteiger partial charge on any atom is 0.224 e. The lowest BCUT2D eigenvalue weighted by molar-refractivity contribution is -0.128. The molecule has 5 rings (SSSR count). The summed E-state index contributed by atoms with van der Waals surface area (Å²) < 4.78 is 31.2. The monoisotopic (exact) mass is 480 g/mol. The number of rotatable bonds is 6. The van der Waals surface area contributed by atoms with E-state index in [0.29, 0.717) is 48.8 Å². The lowest BCUT2D eigenvalue weighted by atomic mass is 9.73. The molecule has 0 saturated heterocycles. The summed E-state index contributed by atoms with van der Waals surface area (Å²) in [5, 5.41) is 15.1. The van der Waals surface area contributed by atoms with Crippen molar-refractivity contribution in [1.82, 2.24) is 19.5 Å². The number of nitrogens with one attached hydrogen (secondary N) is 2. The van der Waals surface area contributed by atoms with Crippen LogP contribution >= 0.6 is 0 Å². The molecular weight excluding hydrogens is 454 g/mol. The van der Waals surface area contributed by atoms with Gasteiger partial charge in [0.1, 0.15) is 11.2 Å². The molecule has 3 aromatic rings. The zero-order chi connectivity index (χ0) is 24.7. The Morgan fingerprint density at radius 3 is 2.46 bits per heavy atom. The number of fused-ring (bicyclic) bond motifs is 1. The maximum absolute atomic E-state index is 14.7. The molecule has 2 fully saturated rings. The van der Waals surface area contributed by atoms with Gasteiger partial charge in [0.25, 0.3) is 0 Å². The number of amides is 1. The molecule has 0 radical (unpaired) electrons. The van der Waals surface area contributed by atoms with Gasteiger partial charge in [0, 0.05) is 17.5 Å². The molecule has 0 spiro atoms. The average Bonchev–Trinajstić information content (AvgIpc) is 3.16. The van der Waals surface area contributed by atoms with Crippen LogP contribution in [0.5, 0.6) is 0 Å². The summed E-state index contributed by atoms with van der Waals surface area (Å²) in [7, 11) is 0. The number of benzene rings is 1. The molecule has 2 aromatic heterocycles. The number of halogens is 2. The summed E-state index contributed by atoms with van der Waals surface area (Å²) in [6, 6.07) is 3.89. The molecule has 11 heteroatoms. The van der Waals surface area contributed by atoms with E-state index in [1.807, 2.05) is 11.5 Å². The number of carbonyl (C=O) groups excluding carboxylic acids is 1. The first kappa shape index (κ1) is 23.0. The topological polar surface area (TPSA) is 135 Å². The van der Waals surface area contributed by atoms with E-state index in [2.05, 4.69) is 20.6 Å². The zero-order valence-corrected chi connectivity index (χ0v) is 19.3. The van der Waals surface area contributed by atoms with Gasteiger partial charge in [0.15, 0.2) is 17.3 Å². The van der Waals surface area contributed by atoms with Gasteiger partial charge < -0.3 is 16.4 Å². The lowest BCUT2D eigenvalue weighted by Gasteiger charge is -2.35. The normalized spacial score (nSPS) is 22.4. The van der Waals surface area contributed by atoms with Gasteiger partial charge in [-0.15, -0.1) is 0 Å². The van der Waals surface area contributed by atoms with E-state index in [-0.39, 0.29) is 23.5 Å². The molecule has 1 aromatic carbocycles. The number of nitrogens with zero attached hydrogens (tertiary/aromatic N) is 5. The number of primary amides is 1. The second kappa shape index (κ2) is 8.76. The van der Waals surface area contributed by atoms with Crippen molar-refractivity contribution < 1.29 is 13.6 Å². The first-order chi connectivity index (χ1) is 16.8. The van der Waals surface area contributed by atoms with Crippen LogP contribution in [0.15, 0.2) is 18.3 Å². The van der Waals surface area contributed by atoms with Crippen molar-refractivity contribution in [3.63, 3.8) is 0 Å². The van der Waals surface area contributed by atoms with Gasteiger partial charge in [-0.05, 0) is 57.1 Å². The number of aromatic nitrogens is 4. The van der Waals surface area contributed by atoms with Crippen molar-refractivity contribution in [1.29, 1.82) is 5.26 Å². The molecule has 2 saturated carbocycles. The van der Waals surface area contributed by atoms with Gasteiger partial charge in [-0.25, -0.2) is 18.7 Å². The minimum absolute atomic E-state index is 0.116. The molecule has 0 aliphatic heterocycles. The molecule has 9 nitrogen and oxygen atoms in total. The Bertz CT molecular complexity index is 1310. The summed E-state index contributed by atoms with van der Waals surface area (Å²) in [5.74, 6) is -1.44. The maximum atomic E-state index is 14.7. The Balaban J connectivity index is 1.55. The molecule has 2 heterocycles. The van der Waals surface area contributed by atoms with Crippen LogP contribution in [0.25, 0.3) is 11.2 Å². The molecule has 0 atom stereocenters. The van der Waals surface area contributed by atoms with Crippen LogP contribution in [0, 0.1) is 28.4 Å². The van der Waals surface area contributed by atoms with Crippen LogP contribution in [0.3, 0.4) is 0 Å². The highest BCUT2D eigenvalue weighted by molar-refractivity contribution is 5.80. The van der Waals surface area contributed by atoms with E-state index >= 15 is 0 Å². The summed E-state index contributed by atoms with van der Waals surface area (Å²) in [5.41, 5.74) is 5.52. The number of hydrogen-bond acceptors (Lipinski definition) is 7. The van der Waals surface area contributed by atoms with Crippen LogP contribution in [-0.2, 0) is 4.79 Å². The van der Waals surface area contributed by atoms with Gasteiger partial charge >= 0.3 is 0 Å². The molecule has 35 heavy (non-hydrogen) atoms. The smallest absolute Gasteiger partial charge is 0.224 e. The van der Waals surface area contributed by atoms with Crippen molar-refractivity contribution in [2.24, 2.45) is 11.1 Å². The van der Waals surface area contributed by atoms with Crippen LogP contribution in [-0.4, -0.2) is 31.5 Å². The highest BCUT2D eigenvalue weighted by Gasteiger charge is 2.38. The largest absolute Gasteiger partial charge is 0.369 e. The average molecular weight is 481 g/mol. The molecule has 182 valence electrons. The van der Waals surface area contributed by atoms with Crippen molar-refractivity contribution in [3.8, 4) is 6.07 Å². The molecule has 0 bridgehead atoms. The Labute approximate surface area is 200 Å². The number of hydrogen-bond donors (Lipinski definition) is 3. The van der Waals surface area contributed by atoms with Crippen LogP contribution in [0.4, 0.5) is 26.4 Å². The molecule has 0 unspecified atom stereocenters. The van der Waals surface area contributed by atoms with E-state index in [0.717, 1.165) is 31.4 Å². The van der Waals surface area contributed by atoms with Gasteiger partial charge in [0.2, 0.25) is 17.8 Å². The number of anilines is 3. The summed E-state index contributed by atoms with van der Waals surface area (Å²) in [6.45, 7) is 1.86. The Hall–Kier alpha value is -3.81. The van der Waals surface area contributed by atoms with Crippen molar-refractivity contribution in [2.45, 2.75) is 64.0 Å². The van der Waals surface area contributed by atoms with E-state index in [1.54, 1.807) is 12.3 Å². The van der Waals surface area contributed by atoms with Crippen molar-refractivity contribution in [2.75, 3.05) is 10.6 Å². The molecule has 1 amide bonds. The van der Waals surface area contributed by atoms with Gasteiger partial charge in [-0.1, -0.05) is 6.92 Å². The van der Waals surface area contributed by atoms with Gasteiger partial charge in [-0.2, -0.15) is 10.2 Å². The van der Waals surface area contributed by atoms with Crippen LogP contribution in [0.2, 0.25) is 0 Å².